The van der Waals surface area contributed by atoms with Crippen molar-refractivity contribution in [3.63, 3.8) is 0 Å². The fourth-order valence-corrected chi connectivity index (χ4v) is 2.46. The van der Waals surface area contributed by atoms with Gasteiger partial charge in [0.1, 0.15) is 0 Å². The lowest BCUT2D eigenvalue weighted by Gasteiger charge is -2.38. The molecule has 0 saturated carbocycles. The van der Waals surface area contributed by atoms with Gasteiger partial charge < -0.3 is 10.2 Å². The molecule has 1 aliphatic rings. The fraction of sp³-hybridized carbons (Fsp3) is 1.00. The van der Waals surface area contributed by atoms with E-state index >= 15 is 0 Å². The third kappa shape index (κ3) is 4.12. The molecule has 0 radical (unpaired) electrons. The largest absolute Gasteiger partial charge is 0.314 e. The van der Waals surface area contributed by atoms with Crippen LogP contribution in [0.5, 0.6) is 0 Å². The summed E-state index contributed by atoms with van der Waals surface area (Å²) in [4.78, 5) is 2.62. The number of rotatable bonds is 5. The number of hydrogen-bond donors (Lipinski definition) is 1. The van der Waals surface area contributed by atoms with E-state index in [0.29, 0.717) is 12.1 Å². The van der Waals surface area contributed by atoms with Crippen LogP contribution < -0.4 is 5.32 Å². The molecule has 2 heteroatoms. The normalized spacial score (nSPS) is 25.8. The summed E-state index contributed by atoms with van der Waals surface area (Å²) >= 11 is 0. The summed E-state index contributed by atoms with van der Waals surface area (Å²) in [5.74, 6) is 0.854. The van der Waals surface area contributed by atoms with Crippen LogP contribution >= 0.6 is 0 Å². The monoisotopic (exact) mass is 212 g/mol. The zero-order chi connectivity index (χ0) is 11.3. The molecular weight excluding hydrogens is 184 g/mol. The molecule has 2 nitrogen and oxygen atoms in total. The minimum atomic E-state index is 0.687. The van der Waals surface area contributed by atoms with Crippen molar-refractivity contribution in [1.82, 2.24) is 10.2 Å². The molecule has 0 amide bonds. The molecule has 1 rings (SSSR count). The lowest BCUT2D eigenvalue weighted by Crippen LogP contribution is -2.46. The quantitative estimate of drug-likeness (QED) is 0.753. The van der Waals surface area contributed by atoms with Gasteiger partial charge in [-0.05, 0) is 59.0 Å². The van der Waals surface area contributed by atoms with Crippen LogP contribution in [0.15, 0.2) is 0 Å². The predicted molar refractivity (Wildman–Crippen MR) is 67.2 cm³/mol. The lowest BCUT2D eigenvalue weighted by molar-refractivity contribution is 0.121. The topological polar surface area (TPSA) is 15.3 Å². The van der Waals surface area contributed by atoms with E-state index in [9.17, 15) is 0 Å². The molecule has 1 heterocycles. The molecule has 2 atom stereocenters. The summed E-state index contributed by atoms with van der Waals surface area (Å²) in [6.07, 6.45) is 4.02. The van der Waals surface area contributed by atoms with Crippen LogP contribution in [-0.2, 0) is 0 Å². The Hall–Kier alpha value is -0.0800. The Morgan fingerprint density at radius 2 is 2.07 bits per heavy atom. The molecule has 90 valence electrons. The highest BCUT2D eigenvalue weighted by atomic mass is 15.2. The van der Waals surface area contributed by atoms with E-state index in [4.69, 9.17) is 0 Å². The van der Waals surface area contributed by atoms with Gasteiger partial charge in [-0.2, -0.15) is 0 Å². The maximum atomic E-state index is 3.63. The summed E-state index contributed by atoms with van der Waals surface area (Å²) in [5.41, 5.74) is 0. The van der Waals surface area contributed by atoms with Gasteiger partial charge >= 0.3 is 0 Å². The molecule has 2 unspecified atom stereocenters. The van der Waals surface area contributed by atoms with Gasteiger partial charge in [0.15, 0.2) is 0 Å². The van der Waals surface area contributed by atoms with Gasteiger partial charge in [-0.15, -0.1) is 0 Å². The molecule has 1 N–H and O–H groups in total. The van der Waals surface area contributed by atoms with E-state index in [2.05, 4.69) is 37.9 Å². The Bertz CT molecular complexity index is 168. The Kier molecular flexibility index (Phi) is 5.62. The average Bonchev–Trinajstić information content (AvgIpc) is 2.26. The van der Waals surface area contributed by atoms with Crippen molar-refractivity contribution >= 4 is 0 Å². The van der Waals surface area contributed by atoms with Crippen LogP contribution in [-0.4, -0.2) is 36.6 Å². The van der Waals surface area contributed by atoms with Gasteiger partial charge in [-0.1, -0.05) is 6.92 Å². The number of nitrogens with zero attached hydrogens (tertiary/aromatic N) is 1. The van der Waals surface area contributed by atoms with Crippen LogP contribution in [0.2, 0.25) is 0 Å². The molecule has 1 saturated heterocycles. The minimum Gasteiger partial charge on any atom is -0.314 e. The third-order valence-corrected chi connectivity index (χ3v) is 3.64. The maximum absolute atomic E-state index is 3.63. The predicted octanol–water partition coefficient (Wildman–Crippen LogP) is 2.49. The van der Waals surface area contributed by atoms with E-state index < -0.39 is 0 Å². The van der Waals surface area contributed by atoms with Crippen molar-refractivity contribution in [2.45, 2.75) is 59.0 Å². The summed E-state index contributed by atoms with van der Waals surface area (Å²) in [7, 11) is 0. The second-order valence-electron chi connectivity index (χ2n) is 5.23. The van der Waals surface area contributed by atoms with Gasteiger partial charge in [0.2, 0.25) is 0 Å². The van der Waals surface area contributed by atoms with Crippen LogP contribution in [0, 0.1) is 5.92 Å². The molecule has 1 fully saturated rings. The molecule has 0 aromatic heterocycles. The van der Waals surface area contributed by atoms with Crippen LogP contribution in [0.4, 0.5) is 0 Å². The molecule has 0 aromatic carbocycles. The first-order chi connectivity index (χ1) is 7.15. The third-order valence-electron chi connectivity index (χ3n) is 3.64. The molecule has 15 heavy (non-hydrogen) atoms. The first-order valence-electron chi connectivity index (χ1n) is 6.62. The van der Waals surface area contributed by atoms with Gasteiger partial charge in [-0.3, -0.25) is 0 Å². The Morgan fingerprint density at radius 1 is 1.33 bits per heavy atom. The van der Waals surface area contributed by atoms with E-state index in [-0.39, 0.29) is 0 Å². The highest BCUT2D eigenvalue weighted by Gasteiger charge is 2.25. The summed E-state index contributed by atoms with van der Waals surface area (Å²) in [6.45, 7) is 13.0. The van der Waals surface area contributed by atoms with Gasteiger partial charge in [0.25, 0.3) is 0 Å². The van der Waals surface area contributed by atoms with Crippen molar-refractivity contribution in [2.75, 3.05) is 19.6 Å². The minimum absolute atomic E-state index is 0.687. The standard InChI is InChI=1S/C13H28N2/c1-5-8-14-12(4)13-7-6-9-15(10-13)11(2)3/h11-14H,5-10H2,1-4H3. The van der Waals surface area contributed by atoms with Crippen molar-refractivity contribution in [2.24, 2.45) is 5.92 Å². The fourth-order valence-electron chi connectivity index (χ4n) is 2.46. The van der Waals surface area contributed by atoms with Gasteiger partial charge in [0, 0.05) is 18.6 Å². The average molecular weight is 212 g/mol. The van der Waals surface area contributed by atoms with E-state index in [1.54, 1.807) is 0 Å². The van der Waals surface area contributed by atoms with E-state index in [1.165, 1.54) is 38.9 Å². The van der Waals surface area contributed by atoms with Crippen molar-refractivity contribution in [1.29, 1.82) is 0 Å². The van der Waals surface area contributed by atoms with E-state index in [0.717, 1.165) is 5.92 Å². The van der Waals surface area contributed by atoms with Gasteiger partial charge in [-0.25, -0.2) is 0 Å². The first kappa shape index (κ1) is 13.0. The molecule has 0 aromatic rings. The highest BCUT2D eigenvalue weighted by molar-refractivity contribution is 4.81. The lowest BCUT2D eigenvalue weighted by atomic mass is 9.91. The molecule has 0 aliphatic carbocycles. The first-order valence-corrected chi connectivity index (χ1v) is 6.62. The Labute approximate surface area is 95.4 Å². The highest BCUT2D eigenvalue weighted by Crippen LogP contribution is 2.21. The van der Waals surface area contributed by atoms with Crippen LogP contribution in [0.1, 0.15) is 47.0 Å². The van der Waals surface area contributed by atoms with Crippen molar-refractivity contribution in [3.05, 3.63) is 0 Å². The maximum Gasteiger partial charge on any atom is 0.00792 e. The smallest absolute Gasteiger partial charge is 0.00792 e. The summed E-state index contributed by atoms with van der Waals surface area (Å²) < 4.78 is 0. The second kappa shape index (κ2) is 6.49. The number of piperidine rings is 1. The molecule has 1 aliphatic heterocycles. The number of hydrogen-bond acceptors (Lipinski definition) is 2. The summed E-state index contributed by atoms with van der Waals surface area (Å²) in [5, 5.41) is 3.63. The number of nitrogens with one attached hydrogen (secondary N) is 1. The second-order valence-corrected chi connectivity index (χ2v) is 5.23. The van der Waals surface area contributed by atoms with Crippen molar-refractivity contribution < 1.29 is 0 Å². The molecular formula is C13H28N2. The van der Waals surface area contributed by atoms with Crippen LogP contribution in [0.25, 0.3) is 0 Å². The molecule has 0 bridgehead atoms. The number of likely N-dealkylation sites (tertiary alicyclic amines) is 1. The van der Waals surface area contributed by atoms with Crippen molar-refractivity contribution in [3.8, 4) is 0 Å². The Morgan fingerprint density at radius 3 is 2.67 bits per heavy atom. The summed E-state index contributed by atoms with van der Waals surface area (Å²) in [6, 6.07) is 1.40. The van der Waals surface area contributed by atoms with Gasteiger partial charge in [0.05, 0.1) is 0 Å². The van der Waals surface area contributed by atoms with Crippen LogP contribution in [0.3, 0.4) is 0 Å². The zero-order valence-electron chi connectivity index (χ0n) is 10.9. The zero-order valence-corrected chi connectivity index (χ0v) is 10.9. The SMILES string of the molecule is CCCNC(C)C1CCCN(C(C)C)C1. The molecule has 0 spiro atoms. The van der Waals surface area contributed by atoms with E-state index in [1.807, 2.05) is 0 Å². The Balaban J connectivity index is 2.34.